The van der Waals surface area contributed by atoms with Gasteiger partial charge in [-0.2, -0.15) is 0 Å². The van der Waals surface area contributed by atoms with E-state index in [0.717, 1.165) is 24.3 Å². The van der Waals surface area contributed by atoms with E-state index in [9.17, 15) is 76.7 Å². The van der Waals surface area contributed by atoms with Crippen LogP contribution < -0.4 is 0 Å². The molecule has 8 aliphatic heterocycles. The fourth-order valence-corrected chi connectivity index (χ4v) is 10.1. The molecule has 8 aliphatic rings. The minimum Gasteiger partial charge on any atom is -0.393 e. The van der Waals surface area contributed by atoms with E-state index in [4.69, 9.17) is 9.47 Å². The summed E-state index contributed by atoms with van der Waals surface area (Å²) in [4.78, 5) is 216. The highest BCUT2D eigenvalue weighted by Gasteiger charge is 2.67. The van der Waals surface area contributed by atoms with Crippen LogP contribution in [-0.4, -0.2) is 144 Å². The number of esters is 4. The van der Waals surface area contributed by atoms with Crippen molar-refractivity contribution in [3.63, 3.8) is 0 Å². The molecule has 63 heavy (non-hydrogen) atoms. The Balaban J connectivity index is 1.08. The minimum absolute atomic E-state index is 0.373. The Morgan fingerprint density at radius 3 is 0.889 bits per heavy atom. The van der Waals surface area contributed by atoms with Crippen molar-refractivity contribution in [1.29, 1.82) is 0 Å². The first kappa shape index (κ1) is 42.3. The van der Waals surface area contributed by atoms with Crippen molar-refractivity contribution in [1.82, 2.24) is 29.4 Å². The largest absolute Gasteiger partial charge is 0.393 e. The molecule has 0 spiro atoms. The molecule has 12 amide bonds. The van der Waals surface area contributed by atoms with E-state index in [-0.39, 0.29) is 0 Å². The van der Waals surface area contributed by atoms with Crippen LogP contribution in [0.5, 0.6) is 0 Å². The molecule has 0 aromatic carbocycles. The van der Waals surface area contributed by atoms with Gasteiger partial charge in [-0.25, -0.2) is 0 Å². The maximum atomic E-state index is 14.5. The van der Waals surface area contributed by atoms with Gasteiger partial charge in [-0.1, -0.05) is 27.7 Å². The number of hydrogen-bond acceptors (Lipinski definition) is 18. The van der Waals surface area contributed by atoms with E-state index in [0.29, 0.717) is 29.4 Å². The van der Waals surface area contributed by atoms with Crippen molar-refractivity contribution in [2.45, 2.75) is 27.7 Å². The lowest BCUT2D eigenvalue weighted by molar-refractivity contribution is -0.157. The summed E-state index contributed by atoms with van der Waals surface area (Å²) in [6.45, 7) is 1.97. The first-order chi connectivity index (χ1) is 29.6. The Kier molecular flexibility index (Phi) is 9.81. The SMILES string of the molecule is CC1C(=O)N(CN2C(=O)C=CC2=O)C(=O)C1C1C(=O)OC(=O)C1C1C(=O)N(CN2C(=O)C(C3C(=O)OC(=O)C3C)C(C3C(=O)N(CN4C(=O)C=CC4=O)C(=O)C3C)C2=O)C(=O)C1C. The molecule has 0 saturated carbocycles. The summed E-state index contributed by atoms with van der Waals surface area (Å²) in [7, 11) is 0. The van der Waals surface area contributed by atoms with Crippen molar-refractivity contribution in [3.05, 3.63) is 24.3 Å². The van der Waals surface area contributed by atoms with Gasteiger partial charge in [0.15, 0.2) is 0 Å². The maximum absolute atomic E-state index is 14.5. The minimum atomic E-state index is -1.91. The third kappa shape index (κ3) is 6.01. The second-order valence-corrected chi connectivity index (χ2v) is 16.6. The van der Waals surface area contributed by atoms with Crippen molar-refractivity contribution in [3.8, 4) is 0 Å². The average Bonchev–Trinajstić information content (AvgIpc) is 4.05. The van der Waals surface area contributed by atoms with Gasteiger partial charge in [0.1, 0.15) is 20.0 Å². The molecule has 6 fully saturated rings. The number of hydrogen-bond donors (Lipinski definition) is 0. The van der Waals surface area contributed by atoms with Crippen LogP contribution in [-0.2, 0) is 86.2 Å². The molecule has 8 heterocycles. The van der Waals surface area contributed by atoms with Gasteiger partial charge in [-0.05, 0) is 0 Å². The van der Waals surface area contributed by atoms with Gasteiger partial charge >= 0.3 is 23.9 Å². The Morgan fingerprint density at radius 1 is 0.302 bits per heavy atom. The molecule has 0 bridgehead atoms. The topological polar surface area (TPSA) is 311 Å². The predicted octanol–water partition coefficient (Wildman–Crippen LogP) is -4.18. The summed E-state index contributed by atoms with van der Waals surface area (Å²) in [6.07, 6.45) is 3.62. The molecule has 0 N–H and O–H groups in total. The van der Waals surface area contributed by atoms with Crippen LogP contribution >= 0.6 is 0 Å². The molecule has 12 unspecified atom stereocenters. The zero-order valence-electron chi connectivity index (χ0n) is 33.4. The van der Waals surface area contributed by atoms with E-state index in [1.165, 1.54) is 27.7 Å². The van der Waals surface area contributed by atoms with E-state index in [1.807, 2.05) is 0 Å². The Labute approximate surface area is 353 Å². The molecule has 6 saturated heterocycles. The smallest absolute Gasteiger partial charge is 0.318 e. The lowest BCUT2D eigenvalue weighted by atomic mass is 9.70. The van der Waals surface area contributed by atoms with Crippen LogP contribution in [0.3, 0.4) is 0 Å². The van der Waals surface area contributed by atoms with E-state index < -0.39 is 186 Å². The van der Waals surface area contributed by atoms with Gasteiger partial charge in [0.25, 0.3) is 23.6 Å². The Hall–Kier alpha value is -7.40. The number of cyclic esters (lactones) is 4. The van der Waals surface area contributed by atoms with Crippen LogP contribution in [0.4, 0.5) is 0 Å². The highest BCUT2D eigenvalue weighted by atomic mass is 16.6. The number of nitrogens with zero attached hydrogens (tertiary/aromatic N) is 6. The summed E-state index contributed by atoms with van der Waals surface area (Å²) in [6, 6.07) is 0. The van der Waals surface area contributed by atoms with Crippen molar-refractivity contribution < 1.29 is 86.2 Å². The number of amides is 12. The summed E-state index contributed by atoms with van der Waals surface area (Å²) in [5.74, 6) is -37.5. The van der Waals surface area contributed by atoms with E-state index in [2.05, 4.69) is 0 Å². The van der Waals surface area contributed by atoms with Crippen LogP contribution in [0.25, 0.3) is 0 Å². The fourth-order valence-electron chi connectivity index (χ4n) is 10.1. The normalized spacial score (nSPS) is 35.9. The molecule has 24 nitrogen and oxygen atoms in total. The lowest BCUT2D eigenvalue weighted by Gasteiger charge is -2.26. The molecule has 0 aliphatic carbocycles. The zero-order valence-corrected chi connectivity index (χ0v) is 33.4. The van der Waals surface area contributed by atoms with Gasteiger partial charge < -0.3 is 9.47 Å². The van der Waals surface area contributed by atoms with Gasteiger partial charge in [0.2, 0.25) is 47.3 Å². The molecule has 12 atom stereocenters. The highest BCUT2D eigenvalue weighted by Crippen LogP contribution is 2.50. The molecule has 0 aromatic heterocycles. The van der Waals surface area contributed by atoms with Crippen molar-refractivity contribution in [2.24, 2.45) is 71.0 Å². The zero-order chi connectivity index (χ0) is 46.0. The van der Waals surface area contributed by atoms with Crippen LogP contribution in [0.15, 0.2) is 24.3 Å². The predicted molar refractivity (Wildman–Crippen MR) is 191 cm³/mol. The Bertz CT molecular complexity index is 2400. The number of carbonyl (C=O) groups is 16. The van der Waals surface area contributed by atoms with Gasteiger partial charge in [0, 0.05) is 42.1 Å². The third-order valence-electron chi connectivity index (χ3n) is 13.4. The molecular formula is C39H34N6O18. The monoisotopic (exact) mass is 874 g/mol. The van der Waals surface area contributed by atoms with Gasteiger partial charge in [-0.3, -0.25) is 106 Å². The van der Waals surface area contributed by atoms with Gasteiger partial charge in [-0.15, -0.1) is 0 Å². The maximum Gasteiger partial charge on any atom is 0.318 e. The summed E-state index contributed by atoms with van der Waals surface area (Å²) < 4.78 is 9.62. The van der Waals surface area contributed by atoms with Crippen LogP contribution in [0.2, 0.25) is 0 Å². The standard InChI is InChI=1S/C39H34N6O18/c1-12-20(31(53)42(28(12)50)9-40-16(46)5-6-17(40)47)24-25(23-15(4)36(58)62-37(23)59)35(57)45(34(24)56)11-44-30(52)14(3)22(33(44)55)27-26(38(60)63-39(27)61)21-13(2)29(51)43(32(21)54)10-41-18(48)7-8-19(41)49/h5-8,12-15,20-27H,9-11H2,1-4H3. The highest BCUT2D eigenvalue weighted by molar-refractivity contribution is 6.17. The second kappa shape index (κ2) is 14.6. The molecule has 328 valence electrons. The first-order valence-electron chi connectivity index (χ1n) is 19.6. The van der Waals surface area contributed by atoms with E-state index >= 15 is 0 Å². The summed E-state index contributed by atoms with van der Waals surface area (Å²) >= 11 is 0. The number of carbonyl (C=O) groups excluding carboxylic acids is 16. The summed E-state index contributed by atoms with van der Waals surface area (Å²) in [5.41, 5.74) is 0. The van der Waals surface area contributed by atoms with Gasteiger partial charge in [0.05, 0.1) is 53.3 Å². The lowest BCUT2D eigenvalue weighted by Crippen LogP contribution is -2.47. The van der Waals surface area contributed by atoms with Crippen LogP contribution in [0.1, 0.15) is 27.7 Å². The molecule has 0 aromatic rings. The van der Waals surface area contributed by atoms with Crippen LogP contribution in [0, 0.1) is 71.0 Å². The molecular weight excluding hydrogens is 840 g/mol. The molecule has 0 radical (unpaired) electrons. The van der Waals surface area contributed by atoms with E-state index in [1.54, 1.807) is 0 Å². The number of rotatable bonds is 10. The quantitative estimate of drug-likeness (QED) is 0.114. The first-order valence-corrected chi connectivity index (χ1v) is 19.6. The molecule has 8 rings (SSSR count). The average molecular weight is 875 g/mol. The molecule has 24 heteroatoms. The van der Waals surface area contributed by atoms with Crippen molar-refractivity contribution >= 4 is 94.8 Å². The number of ether oxygens (including phenoxy) is 2. The van der Waals surface area contributed by atoms with Crippen molar-refractivity contribution in [2.75, 3.05) is 20.0 Å². The summed E-state index contributed by atoms with van der Waals surface area (Å²) in [5, 5.41) is 0. The second-order valence-electron chi connectivity index (χ2n) is 16.6. The third-order valence-corrected chi connectivity index (χ3v) is 13.4. The fraction of sp³-hybridized carbons (Fsp3) is 0.487. The Morgan fingerprint density at radius 2 is 0.556 bits per heavy atom. The number of imide groups is 6. The number of likely N-dealkylation sites (tertiary alicyclic amines) is 4.